The van der Waals surface area contributed by atoms with Crippen LogP contribution in [-0.2, 0) is 15.6 Å². The number of nitrogens with zero attached hydrogens (tertiary/aromatic N) is 2. The van der Waals surface area contributed by atoms with Crippen molar-refractivity contribution in [1.29, 1.82) is 0 Å². The molecule has 6 rings (SSSR count). The maximum absolute atomic E-state index is 12.3. The van der Waals surface area contributed by atoms with Crippen LogP contribution in [0.1, 0.15) is 25.7 Å². The van der Waals surface area contributed by atoms with Gasteiger partial charge in [0, 0.05) is 34.5 Å². The second-order valence-electron chi connectivity index (χ2n) is 8.95. The van der Waals surface area contributed by atoms with Crippen molar-refractivity contribution in [2.75, 3.05) is 24.9 Å². The highest BCUT2D eigenvalue weighted by atomic mass is 32.2. The van der Waals surface area contributed by atoms with Crippen molar-refractivity contribution in [3.63, 3.8) is 0 Å². The molecule has 4 aromatic rings. The monoisotopic (exact) mass is 519 g/mol. The van der Waals surface area contributed by atoms with Crippen molar-refractivity contribution in [1.82, 2.24) is 15.2 Å². The van der Waals surface area contributed by atoms with E-state index in [2.05, 4.69) is 25.8 Å². The van der Waals surface area contributed by atoms with Crippen LogP contribution in [0.5, 0.6) is 11.5 Å². The highest BCUT2D eigenvalue weighted by Gasteiger charge is 2.30. The Balaban J connectivity index is 0.000000171. The van der Waals surface area contributed by atoms with Gasteiger partial charge in [-0.05, 0) is 62.1 Å². The zero-order valence-electron chi connectivity index (χ0n) is 20.7. The fraction of sp³-hybridized carbons (Fsp3) is 0.296. The zero-order valence-corrected chi connectivity index (χ0v) is 21.5. The summed E-state index contributed by atoms with van der Waals surface area (Å²) >= 11 is 0. The highest BCUT2D eigenvalue weighted by Crippen LogP contribution is 2.34. The van der Waals surface area contributed by atoms with Gasteiger partial charge in [0.2, 0.25) is 5.91 Å². The minimum absolute atomic E-state index is 0.134. The van der Waals surface area contributed by atoms with Gasteiger partial charge < -0.3 is 20.1 Å². The van der Waals surface area contributed by atoms with Crippen molar-refractivity contribution in [2.24, 2.45) is 5.92 Å². The van der Waals surface area contributed by atoms with E-state index in [1.165, 1.54) is 0 Å². The number of rotatable bonds is 8. The Labute approximate surface area is 217 Å². The summed E-state index contributed by atoms with van der Waals surface area (Å²) in [6, 6.07) is 17.0. The van der Waals surface area contributed by atoms with Crippen molar-refractivity contribution in [3.05, 3.63) is 60.8 Å². The van der Waals surface area contributed by atoms with E-state index in [1.807, 2.05) is 48.5 Å². The summed E-state index contributed by atoms with van der Waals surface area (Å²) in [6.07, 6.45) is 5.75. The van der Waals surface area contributed by atoms with E-state index < -0.39 is 10.8 Å². The third-order valence-electron chi connectivity index (χ3n) is 6.12. The van der Waals surface area contributed by atoms with Crippen LogP contribution in [-0.4, -0.2) is 44.8 Å². The van der Waals surface area contributed by atoms with E-state index in [9.17, 15) is 9.00 Å². The topological polar surface area (TPSA) is 118 Å². The van der Waals surface area contributed by atoms with Gasteiger partial charge in [0.25, 0.3) is 0 Å². The lowest BCUT2D eigenvalue weighted by Gasteiger charge is -2.10. The minimum atomic E-state index is -0.997. The van der Waals surface area contributed by atoms with Crippen molar-refractivity contribution in [2.45, 2.75) is 35.8 Å². The lowest BCUT2D eigenvalue weighted by Crippen LogP contribution is -2.12. The fourth-order valence-electron chi connectivity index (χ4n) is 3.70. The number of aromatic amines is 1. The number of benzene rings is 2. The molecule has 1 unspecified atom stereocenters. The van der Waals surface area contributed by atoms with E-state index in [1.54, 1.807) is 26.5 Å². The lowest BCUT2D eigenvalue weighted by atomic mass is 10.2. The molecular formula is C27H29N5O4S. The Morgan fingerprint density at radius 2 is 1.76 bits per heavy atom. The van der Waals surface area contributed by atoms with E-state index >= 15 is 0 Å². The molecule has 0 radical (unpaired) electrons. The number of pyridine rings is 1. The number of aromatic nitrogens is 3. The molecule has 9 nitrogen and oxygen atoms in total. The fourth-order valence-corrected chi connectivity index (χ4v) is 5.02. The number of hydrogen-bond donors (Lipinski definition) is 3. The SMILES string of the molecule is COc1cc(S(=O)C2CC2)cnc1Nc1n[nH]c2ccccc12.COc1ccc(NC(=O)C2CC2)cc1. The summed E-state index contributed by atoms with van der Waals surface area (Å²) in [6.45, 7) is 0. The molecule has 3 N–H and O–H groups in total. The van der Waals surface area contributed by atoms with Gasteiger partial charge in [-0.2, -0.15) is 5.10 Å². The Hall–Kier alpha value is -3.92. The number of amides is 1. The van der Waals surface area contributed by atoms with Gasteiger partial charge in [0.15, 0.2) is 17.4 Å². The number of nitrogens with one attached hydrogen (secondary N) is 3. The predicted octanol–water partition coefficient (Wildman–Crippen LogP) is 5.02. The molecule has 0 aliphatic heterocycles. The first-order valence-corrected chi connectivity index (χ1v) is 13.4. The van der Waals surface area contributed by atoms with Crippen LogP contribution in [0.25, 0.3) is 10.9 Å². The molecule has 2 aliphatic carbocycles. The van der Waals surface area contributed by atoms with Crippen LogP contribution in [0.3, 0.4) is 0 Å². The molecule has 2 aromatic heterocycles. The van der Waals surface area contributed by atoms with Crippen LogP contribution in [0, 0.1) is 5.92 Å². The van der Waals surface area contributed by atoms with Crippen molar-refractivity contribution in [3.8, 4) is 11.5 Å². The number of hydrogen-bond acceptors (Lipinski definition) is 7. The van der Waals surface area contributed by atoms with Crippen molar-refractivity contribution < 1.29 is 18.5 Å². The Kier molecular flexibility index (Phi) is 7.36. The molecule has 2 fully saturated rings. The number of carbonyl (C=O) groups is 1. The highest BCUT2D eigenvalue weighted by molar-refractivity contribution is 7.86. The summed E-state index contributed by atoms with van der Waals surface area (Å²) in [5.74, 6) is 2.98. The predicted molar refractivity (Wildman–Crippen MR) is 144 cm³/mol. The van der Waals surface area contributed by atoms with Gasteiger partial charge in [-0.15, -0.1) is 0 Å². The summed E-state index contributed by atoms with van der Waals surface area (Å²) in [5.41, 5.74) is 1.78. The molecule has 1 atom stereocenters. The molecule has 2 aromatic carbocycles. The number of ether oxygens (including phenoxy) is 2. The zero-order chi connectivity index (χ0) is 25.8. The molecule has 0 saturated heterocycles. The van der Waals surface area contributed by atoms with Gasteiger partial charge >= 0.3 is 0 Å². The number of H-pyrrole nitrogens is 1. The third kappa shape index (κ3) is 6.08. The molecule has 10 heteroatoms. The number of para-hydroxylation sites is 1. The Bertz CT molecular complexity index is 1410. The molecule has 2 aliphatic rings. The van der Waals surface area contributed by atoms with Crippen LogP contribution in [0.2, 0.25) is 0 Å². The first-order valence-electron chi connectivity index (χ1n) is 12.2. The summed E-state index contributed by atoms with van der Waals surface area (Å²) in [7, 11) is 2.20. The van der Waals surface area contributed by atoms with Crippen LogP contribution in [0.4, 0.5) is 17.3 Å². The van der Waals surface area contributed by atoms with E-state index in [-0.39, 0.29) is 17.1 Å². The number of carbonyl (C=O) groups excluding carboxylic acids is 1. The normalized spacial score (nSPS) is 15.3. The Morgan fingerprint density at radius 1 is 1.00 bits per heavy atom. The molecule has 192 valence electrons. The van der Waals surface area contributed by atoms with Gasteiger partial charge in [0.1, 0.15) is 5.75 Å². The smallest absolute Gasteiger partial charge is 0.227 e. The number of methoxy groups -OCH3 is 2. The molecule has 1 amide bonds. The largest absolute Gasteiger partial charge is 0.497 e. The molecule has 2 heterocycles. The van der Waals surface area contributed by atoms with E-state index in [0.717, 1.165) is 48.0 Å². The first-order chi connectivity index (χ1) is 18.1. The van der Waals surface area contributed by atoms with Gasteiger partial charge in [-0.3, -0.25) is 14.1 Å². The summed E-state index contributed by atoms with van der Waals surface area (Å²) in [5, 5.41) is 14.5. The quantitative estimate of drug-likeness (QED) is 0.299. The summed E-state index contributed by atoms with van der Waals surface area (Å²) in [4.78, 5) is 16.5. The number of anilines is 3. The summed E-state index contributed by atoms with van der Waals surface area (Å²) < 4.78 is 22.7. The van der Waals surface area contributed by atoms with Crippen LogP contribution < -0.4 is 20.1 Å². The molecular weight excluding hydrogens is 490 g/mol. The van der Waals surface area contributed by atoms with E-state index in [4.69, 9.17) is 9.47 Å². The van der Waals surface area contributed by atoms with Crippen LogP contribution in [0.15, 0.2) is 65.7 Å². The van der Waals surface area contributed by atoms with Gasteiger partial charge in [-0.1, -0.05) is 12.1 Å². The molecule has 37 heavy (non-hydrogen) atoms. The third-order valence-corrected chi connectivity index (χ3v) is 7.88. The molecule has 2 saturated carbocycles. The minimum Gasteiger partial charge on any atom is -0.497 e. The maximum atomic E-state index is 12.3. The Morgan fingerprint density at radius 3 is 2.43 bits per heavy atom. The number of fused-ring (bicyclic) bond motifs is 1. The molecule has 0 spiro atoms. The standard InChI is InChI=1S/C16H16N4O2S.C11H13NO2/c1-22-14-8-11(23(21)10-6-7-10)9-17-16(14)18-15-12-4-2-3-5-13(12)19-20-15;1-14-10-6-4-9(5-7-10)12-11(13)8-2-3-8/h2-5,8-10H,6-7H2,1H3,(H2,17,18,19,20);4-8H,2-3H2,1H3,(H,12,13). The maximum Gasteiger partial charge on any atom is 0.227 e. The van der Waals surface area contributed by atoms with E-state index in [0.29, 0.717) is 22.3 Å². The van der Waals surface area contributed by atoms with Crippen LogP contribution >= 0.6 is 0 Å². The van der Waals surface area contributed by atoms with Gasteiger partial charge in [-0.25, -0.2) is 4.98 Å². The average Bonchev–Trinajstić information content (AvgIpc) is 3.87. The lowest BCUT2D eigenvalue weighted by molar-refractivity contribution is -0.117. The second kappa shape index (κ2) is 11.0. The molecule has 0 bridgehead atoms. The van der Waals surface area contributed by atoms with Gasteiger partial charge in [0.05, 0.1) is 35.4 Å². The second-order valence-corrected chi connectivity index (χ2v) is 10.7. The first kappa shape index (κ1) is 24.8. The van der Waals surface area contributed by atoms with Crippen molar-refractivity contribution >= 4 is 44.9 Å². The average molecular weight is 520 g/mol.